The molecule has 1 N–H and O–H groups in total. The van der Waals surface area contributed by atoms with Crippen LogP contribution in [0.4, 0.5) is 0 Å². The van der Waals surface area contributed by atoms with Gasteiger partial charge in [0, 0.05) is 21.5 Å². The maximum atomic E-state index is 11.9. The van der Waals surface area contributed by atoms with E-state index in [9.17, 15) is 4.79 Å². The number of carbonyl (C=O) groups is 1. The van der Waals surface area contributed by atoms with Crippen molar-refractivity contribution in [3.8, 4) is 0 Å². The number of hydrogen-bond acceptors (Lipinski definition) is 1. The maximum Gasteiger partial charge on any atom is 0.251 e. The van der Waals surface area contributed by atoms with Gasteiger partial charge < -0.3 is 5.32 Å². The van der Waals surface area contributed by atoms with Crippen molar-refractivity contribution in [1.29, 1.82) is 0 Å². The van der Waals surface area contributed by atoms with Crippen molar-refractivity contribution >= 4 is 33.4 Å². The van der Waals surface area contributed by atoms with E-state index in [0.29, 0.717) is 15.9 Å². The van der Waals surface area contributed by atoms with E-state index in [1.54, 1.807) is 18.2 Å². The average Bonchev–Trinajstić information content (AvgIpc) is 2.21. The van der Waals surface area contributed by atoms with E-state index >= 15 is 0 Å². The van der Waals surface area contributed by atoms with Gasteiger partial charge >= 0.3 is 0 Å². The number of benzene rings is 1. The normalized spacial score (nSPS) is 11.3. The molecule has 0 spiro atoms. The van der Waals surface area contributed by atoms with Gasteiger partial charge in [-0.25, -0.2) is 0 Å². The lowest BCUT2D eigenvalue weighted by Crippen LogP contribution is -2.44. The van der Waals surface area contributed by atoms with Crippen molar-refractivity contribution in [2.75, 3.05) is 5.33 Å². The maximum absolute atomic E-state index is 11.9. The second-order valence-electron chi connectivity index (χ2n) is 4.44. The van der Waals surface area contributed by atoms with Crippen LogP contribution in [0.1, 0.15) is 29.8 Å². The summed E-state index contributed by atoms with van der Waals surface area (Å²) in [6.45, 7) is 5.81. The van der Waals surface area contributed by atoms with Crippen LogP contribution >= 0.6 is 27.5 Å². The van der Waals surface area contributed by atoms with Gasteiger partial charge in [-0.3, -0.25) is 4.79 Å². The van der Waals surface area contributed by atoms with E-state index in [0.717, 1.165) is 5.56 Å². The Bertz CT molecular complexity index is 404. The molecule has 2 nitrogen and oxygen atoms in total. The van der Waals surface area contributed by atoms with Crippen LogP contribution in [0.5, 0.6) is 0 Å². The number of nitrogens with one attached hydrogen (secondary N) is 1. The van der Waals surface area contributed by atoms with Gasteiger partial charge in [0.2, 0.25) is 0 Å². The predicted molar refractivity (Wildman–Crippen MR) is 71.5 cm³/mol. The number of aryl methyl sites for hydroxylation is 1. The zero-order valence-electron chi connectivity index (χ0n) is 9.60. The summed E-state index contributed by atoms with van der Waals surface area (Å²) >= 11 is 9.27. The topological polar surface area (TPSA) is 29.1 Å². The van der Waals surface area contributed by atoms with Crippen molar-refractivity contribution in [2.45, 2.75) is 26.3 Å². The molecule has 0 radical (unpaired) electrons. The molecule has 0 aromatic heterocycles. The molecule has 1 aromatic carbocycles. The first-order chi connectivity index (χ1) is 7.35. The van der Waals surface area contributed by atoms with Crippen LogP contribution in [-0.2, 0) is 0 Å². The zero-order chi connectivity index (χ0) is 12.3. The molecule has 1 amide bonds. The van der Waals surface area contributed by atoms with E-state index in [-0.39, 0.29) is 11.4 Å². The first kappa shape index (κ1) is 13.5. The molecule has 0 bridgehead atoms. The number of halogens is 2. The first-order valence-corrected chi connectivity index (χ1v) is 6.50. The molecule has 0 aliphatic rings. The van der Waals surface area contributed by atoms with E-state index in [1.807, 2.05) is 20.8 Å². The van der Waals surface area contributed by atoms with E-state index in [1.165, 1.54) is 0 Å². The molecule has 0 saturated heterocycles. The first-order valence-electron chi connectivity index (χ1n) is 5.00. The van der Waals surface area contributed by atoms with E-state index in [4.69, 9.17) is 11.6 Å². The van der Waals surface area contributed by atoms with Gasteiger partial charge in [-0.2, -0.15) is 0 Å². The number of hydrogen-bond donors (Lipinski definition) is 1. The Morgan fingerprint density at radius 2 is 2.12 bits per heavy atom. The molecule has 88 valence electrons. The third-order valence-electron chi connectivity index (χ3n) is 2.21. The SMILES string of the molecule is Cc1cc(C(=O)NC(C)(C)CBr)ccc1Cl. The number of amides is 1. The molecule has 0 aliphatic heterocycles. The largest absolute Gasteiger partial charge is 0.346 e. The van der Waals surface area contributed by atoms with Crippen LogP contribution in [0.25, 0.3) is 0 Å². The standard InChI is InChI=1S/C12H15BrClNO/c1-8-6-9(4-5-10(8)14)11(16)15-12(2,3)7-13/h4-6H,7H2,1-3H3,(H,15,16). The van der Waals surface area contributed by atoms with Gasteiger partial charge in [0.05, 0.1) is 0 Å². The summed E-state index contributed by atoms with van der Waals surface area (Å²) in [4.78, 5) is 11.9. The van der Waals surface area contributed by atoms with E-state index in [2.05, 4.69) is 21.2 Å². The number of carbonyl (C=O) groups excluding carboxylic acids is 1. The third-order valence-corrected chi connectivity index (χ3v) is 4.03. The fraction of sp³-hybridized carbons (Fsp3) is 0.417. The van der Waals surface area contributed by atoms with Gasteiger partial charge in [-0.05, 0) is 44.5 Å². The van der Waals surface area contributed by atoms with Gasteiger partial charge in [0.15, 0.2) is 0 Å². The second kappa shape index (κ2) is 5.19. The molecule has 1 rings (SSSR count). The van der Waals surface area contributed by atoms with Crippen LogP contribution in [0.2, 0.25) is 5.02 Å². The van der Waals surface area contributed by atoms with Gasteiger partial charge in [-0.1, -0.05) is 27.5 Å². The minimum Gasteiger partial charge on any atom is -0.346 e. The Morgan fingerprint density at radius 1 is 1.50 bits per heavy atom. The highest BCUT2D eigenvalue weighted by molar-refractivity contribution is 9.09. The molecule has 0 heterocycles. The van der Waals surface area contributed by atoms with Crippen molar-refractivity contribution in [1.82, 2.24) is 5.32 Å². The second-order valence-corrected chi connectivity index (χ2v) is 5.40. The van der Waals surface area contributed by atoms with Crippen molar-refractivity contribution < 1.29 is 4.79 Å². The highest BCUT2D eigenvalue weighted by Crippen LogP contribution is 2.17. The Labute approximate surface area is 110 Å². The van der Waals surface area contributed by atoms with Gasteiger partial charge in [0.1, 0.15) is 0 Å². The molecule has 0 atom stereocenters. The number of alkyl halides is 1. The lowest BCUT2D eigenvalue weighted by Gasteiger charge is -2.23. The molecule has 16 heavy (non-hydrogen) atoms. The monoisotopic (exact) mass is 303 g/mol. The Kier molecular flexibility index (Phi) is 4.39. The average molecular weight is 305 g/mol. The number of rotatable bonds is 3. The lowest BCUT2D eigenvalue weighted by atomic mass is 10.1. The van der Waals surface area contributed by atoms with Crippen LogP contribution in [0.15, 0.2) is 18.2 Å². The third kappa shape index (κ3) is 3.49. The molecule has 0 aliphatic carbocycles. The summed E-state index contributed by atoms with van der Waals surface area (Å²) in [7, 11) is 0. The van der Waals surface area contributed by atoms with Crippen molar-refractivity contribution in [3.63, 3.8) is 0 Å². The summed E-state index contributed by atoms with van der Waals surface area (Å²) < 4.78 is 0. The lowest BCUT2D eigenvalue weighted by molar-refractivity contribution is 0.0921. The fourth-order valence-electron chi connectivity index (χ4n) is 1.20. The Hall–Kier alpha value is -0.540. The zero-order valence-corrected chi connectivity index (χ0v) is 11.9. The summed E-state index contributed by atoms with van der Waals surface area (Å²) in [6, 6.07) is 5.27. The minimum absolute atomic E-state index is 0.0794. The molecule has 4 heteroatoms. The van der Waals surface area contributed by atoms with E-state index < -0.39 is 0 Å². The van der Waals surface area contributed by atoms with Crippen molar-refractivity contribution in [2.24, 2.45) is 0 Å². The quantitative estimate of drug-likeness (QED) is 0.850. The Balaban J connectivity index is 2.85. The Morgan fingerprint density at radius 3 is 2.62 bits per heavy atom. The van der Waals surface area contributed by atoms with Crippen molar-refractivity contribution in [3.05, 3.63) is 34.3 Å². The molecular formula is C12H15BrClNO. The minimum atomic E-state index is -0.259. The van der Waals surface area contributed by atoms with Crippen LogP contribution < -0.4 is 5.32 Å². The molecule has 0 saturated carbocycles. The highest BCUT2D eigenvalue weighted by atomic mass is 79.9. The van der Waals surface area contributed by atoms with Gasteiger partial charge in [-0.15, -0.1) is 0 Å². The van der Waals surface area contributed by atoms with Crippen LogP contribution in [-0.4, -0.2) is 16.8 Å². The predicted octanol–water partition coefficient (Wildman–Crippen LogP) is 3.55. The molecule has 0 unspecified atom stereocenters. The van der Waals surface area contributed by atoms with Crippen LogP contribution in [0, 0.1) is 6.92 Å². The highest BCUT2D eigenvalue weighted by Gasteiger charge is 2.19. The van der Waals surface area contributed by atoms with Gasteiger partial charge in [0.25, 0.3) is 5.91 Å². The summed E-state index contributed by atoms with van der Waals surface area (Å²) in [5.41, 5.74) is 1.28. The summed E-state index contributed by atoms with van der Waals surface area (Å²) in [5.74, 6) is -0.0794. The fourth-order valence-corrected chi connectivity index (χ4v) is 1.46. The molecular weight excluding hydrogens is 289 g/mol. The van der Waals surface area contributed by atoms with Crippen LogP contribution in [0.3, 0.4) is 0 Å². The molecule has 0 fully saturated rings. The summed E-state index contributed by atoms with van der Waals surface area (Å²) in [6.07, 6.45) is 0. The molecule has 1 aromatic rings. The summed E-state index contributed by atoms with van der Waals surface area (Å²) in [5, 5.41) is 4.32. The smallest absolute Gasteiger partial charge is 0.251 e.